The van der Waals surface area contributed by atoms with Gasteiger partial charge in [-0.15, -0.1) is 0 Å². The van der Waals surface area contributed by atoms with Crippen molar-refractivity contribution in [2.75, 3.05) is 6.61 Å². The van der Waals surface area contributed by atoms with Gasteiger partial charge in [0.1, 0.15) is 6.61 Å². The molecule has 2 heteroatoms. The van der Waals surface area contributed by atoms with Gasteiger partial charge in [-0.25, -0.2) is 0 Å². The van der Waals surface area contributed by atoms with E-state index < -0.39 is 0 Å². The van der Waals surface area contributed by atoms with Crippen LogP contribution in [-0.2, 0) is 4.84 Å². The molecule has 0 unspecified atom stereocenters. The average molecular weight is 84.1 g/mol. The van der Waals surface area contributed by atoms with Gasteiger partial charge in [0.25, 0.3) is 0 Å². The van der Waals surface area contributed by atoms with Crippen LogP contribution in [0.5, 0.6) is 0 Å². The number of oxime groups is 1. The fourth-order valence-corrected chi connectivity index (χ4v) is 0.346. The molecule has 1 radical (unpaired) electrons. The zero-order valence-corrected chi connectivity index (χ0v) is 3.48. The highest BCUT2D eigenvalue weighted by Crippen LogP contribution is 1.95. The van der Waals surface area contributed by atoms with Crippen LogP contribution in [0.2, 0.25) is 0 Å². The molecule has 0 aromatic heterocycles. The Labute approximate surface area is 36.8 Å². The first-order valence-electron chi connectivity index (χ1n) is 1.90. The van der Waals surface area contributed by atoms with Crippen LogP contribution >= 0.6 is 0 Å². The topological polar surface area (TPSA) is 21.6 Å². The molecule has 2 nitrogen and oxygen atoms in total. The molecule has 1 aliphatic heterocycles. The van der Waals surface area contributed by atoms with Gasteiger partial charge in [0.2, 0.25) is 0 Å². The summed E-state index contributed by atoms with van der Waals surface area (Å²) < 4.78 is 0. The summed E-state index contributed by atoms with van der Waals surface area (Å²) >= 11 is 0. The summed E-state index contributed by atoms with van der Waals surface area (Å²) in [6.07, 6.45) is 0.903. The van der Waals surface area contributed by atoms with Crippen molar-refractivity contribution in [3.05, 3.63) is 6.92 Å². The minimum atomic E-state index is 0.721. The predicted molar refractivity (Wildman–Crippen MR) is 23.4 cm³/mol. The Morgan fingerprint density at radius 3 is 2.83 bits per heavy atom. The van der Waals surface area contributed by atoms with Gasteiger partial charge in [-0.05, 0) is 6.92 Å². The number of rotatable bonds is 0. The summed E-state index contributed by atoms with van der Waals surface area (Å²) in [4.78, 5) is 4.58. The van der Waals surface area contributed by atoms with Crippen LogP contribution in [0.4, 0.5) is 0 Å². The molecule has 6 heavy (non-hydrogen) atoms. The normalized spacial score (nSPS) is 19.8. The van der Waals surface area contributed by atoms with E-state index in [1.54, 1.807) is 0 Å². The van der Waals surface area contributed by atoms with Gasteiger partial charge < -0.3 is 4.84 Å². The molecule has 0 saturated carbocycles. The van der Waals surface area contributed by atoms with E-state index in [4.69, 9.17) is 0 Å². The van der Waals surface area contributed by atoms with Gasteiger partial charge >= 0.3 is 0 Å². The highest BCUT2D eigenvalue weighted by atomic mass is 16.6. The maximum atomic E-state index is 4.58. The van der Waals surface area contributed by atoms with Crippen molar-refractivity contribution in [3.8, 4) is 0 Å². The quantitative estimate of drug-likeness (QED) is 0.421. The lowest BCUT2D eigenvalue weighted by Crippen LogP contribution is -1.82. The van der Waals surface area contributed by atoms with Crippen LogP contribution in [0, 0.1) is 6.92 Å². The standard InChI is InChI=1S/C4H6NO/c1-4-2-3-6-5-4/h1-3H2. The predicted octanol–water partition coefficient (Wildman–Crippen LogP) is 0.597. The number of nitrogens with zero attached hydrogens (tertiary/aromatic N) is 1. The molecule has 1 heterocycles. The van der Waals surface area contributed by atoms with E-state index >= 15 is 0 Å². The van der Waals surface area contributed by atoms with Crippen LogP contribution in [0.3, 0.4) is 0 Å². The van der Waals surface area contributed by atoms with Crippen molar-refractivity contribution in [1.82, 2.24) is 0 Å². The maximum absolute atomic E-state index is 4.58. The second kappa shape index (κ2) is 1.29. The Balaban J connectivity index is 2.45. The molecule has 0 bridgehead atoms. The van der Waals surface area contributed by atoms with E-state index in [2.05, 4.69) is 16.9 Å². The van der Waals surface area contributed by atoms with Crippen molar-refractivity contribution in [2.24, 2.45) is 5.16 Å². The van der Waals surface area contributed by atoms with E-state index in [0.29, 0.717) is 0 Å². The van der Waals surface area contributed by atoms with Crippen molar-refractivity contribution < 1.29 is 4.84 Å². The van der Waals surface area contributed by atoms with Gasteiger partial charge in [-0.3, -0.25) is 0 Å². The molecule has 1 aliphatic rings. The van der Waals surface area contributed by atoms with Crippen LogP contribution in [-0.4, -0.2) is 12.3 Å². The Morgan fingerprint density at radius 2 is 2.67 bits per heavy atom. The minimum absolute atomic E-state index is 0.721. The lowest BCUT2D eigenvalue weighted by Gasteiger charge is -1.76. The third-order valence-corrected chi connectivity index (χ3v) is 0.676. The van der Waals surface area contributed by atoms with E-state index in [1.807, 2.05) is 0 Å². The molecule has 0 N–H and O–H groups in total. The molecule has 0 atom stereocenters. The molecule has 0 aromatic carbocycles. The largest absolute Gasteiger partial charge is 0.395 e. The lowest BCUT2D eigenvalue weighted by molar-refractivity contribution is 0.174. The summed E-state index contributed by atoms with van der Waals surface area (Å²) in [7, 11) is 0. The summed E-state index contributed by atoms with van der Waals surface area (Å²) in [5.41, 5.74) is 0.856. The van der Waals surface area contributed by atoms with E-state index in [9.17, 15) is 0 Å². The van der Waals surface area contributed by atoms with E-state index in [0.717, 1.165) is 18.7 Å². The minimum Gasteiger partial charge on any atom is -0.395 e. The monoisotopic (exact) mass is 84.0 g/mol. The van der Waals surface area contributed by atoms with E-state index in [-0.39, 0.29) is 0 Å². The first kappa shape index (κ1) is 3.65. The molecule has 0 aromatic rings. The zero-order valence-electron chi connectivity index (χ0n) is 3.48. The van der Waals surface area contributed by atoms with Crippen molar-refractivity contribution in [1.29, 1.82) is 0 Å². The fraction of sp³-hybridized carbons (Fsp3) is 0.500. The molecular formula is C4H6NO. The summed E-state index contributed by atoms with van der Waals surface area (Å²) in [5.74, 6) is 0. The fourth-order valence-electron chi connectivity index (χ4n) is 0.346. The van der Waals surface area contributed by atoms with Crippen molar-refractivity contribution in [3.63, 3.8) is 0 Å². The van der Waals surface area contributed by atoms with Gasteiger partial charge in [-0.2, -0.15) is 0 Å². The molecule has 0 aliphatic carbocycles. The zero-order chi connectivity index (χ0) is 4.41. The van der Waals surface area contributed by atoms with Crippen LogP contribution in [0.1, 0.15) is 6.42 Å². The second-order valence-corrected chi connectivity index (χ2v) is 1.24. The first-order valence-corrected chi connectivity index (χ1v) is 1.90. The molecular weight excluding hydrogens is 78.0 g/mol. The molecule has 0 fully saturated rings. The number of hydrogen-bond donors (Lipinski definition) is 0. The maximum Gasteiger partial charge on any atom is 0.122 e. The summed E-state index contributed by atoms with van der Waals surface area (Å²) in [5, 5.41) is 3.54. The van der Waals surface area contributed by atoms with Crippen molar-refractivity contribution >= 4 is 5.71 Å². The lowest BCUT2D eigenvalue weighted by atomic mass is 10.3. The Bertz CT molecular complexity index is 77.6. The Kier molecular flexibility index (Phi) is 0.783. The van der Waals surface area contributed by atoms with Crippen LogP contribution in [0.25, 0.3) is 0 Å². The Morgan fingerprint density at radius 1 is 1.83 bits per heavy atom. The highest BCUT2D eigenvalue weighted by Gasteiger charge is 1.98. The molecule has 33 valence electrons. The van der Waals surface area contributed by atoms with Gasteiger partial charge in [0.05, 0.1) is 5.71 Å². The van der Waals surface area contributed by atoms with Gasteiger partial charge in [0, 0.05) is 6.42 Å². The average Bonchev–Trinajstić information content (AvgIpc) is 1.86. The first-order chi connectivity index (χ1) is 2.89. The second-order valence-electron chi connectivity index (χ2n) is 1.24. The van der Waals surface area contributed by atoms with E-state index in [1.165, 1.54) is 0 Å². The van der Waals surface area contributed by atoms with Gasteiger partial charge in [-0.1, -0.05) is 5.16 Å². The molecule has 0 amide bonds. The van der Waals surface area contributed by atoms with Crippen LogP contribution < -0.4 is 0 Å². The smallest absolute Gasteiger partial charge is 0.122 e. The summed E-state index contributed by atoms with van der Waals surface area (Å²) in [6.45, 7) is 4.28. The molecule has 0 saturated heterocycles. The molecule has 0 spiro atoms. The Hall–Kier alpha value is -0.530. The molecule has 1 rings (SSSR count). The van der Waals surface area contributed by atoms with Crippen molar-refractivity contribution in [2.45, 2.75) is 6.42 Å². The summed E-state index contributed by atoms with van der Waals surface area (Å²) in [6, 6.07) is 0. The third-order valence-electron chi connectivity index (χ3n) is 0.676. The third kappa shape index (κ3) is 0.506. The van der Waals surface area contributed by atoms with Gasteiger partial charge in [0.15, 0.2) is 0 Å². The number of hydrogen-bond acceptors (Lipinski definition) is 2. The highest BCUT2D eigenvalue weighted by molar-refractivity contribution is 5.88. The SMILES string of the molecule is [CH2]C1=NOCC1. The van der Waals surface area contributed by atoms with Crippen LogP contribution in [0.15, 0.2) is 5.16 Å².